The summed E-state index contributed by atoms with van der Waals surface area (Å²) in [6, 6.07) is 9.67. The van der Waals surface area contributed by atoms with Crippen LogP contribution in [0.3, 0.4) is 0 Å². The number of aliphatic hydroxyl groups is 1. The molecule has 0 radical (unpaired) electrons. The summed E-state index contributed by atoms with van der Waals surface area (Å²) in [5.41, 5.74) is -3.10. The molecule has 2 heterocycles. The first-order valence-electron chi connectivity index (χ1n) is 13.4. The summed E-state index contributed by atoms with van der Waals surface area (Å²) in [7, 11) is 3.43. The molecule has 0 spiro atoms. The van der Waals surface area contributed by atoms with E-state index in [9.17, 15) is 32.3 Å². The van der Waals surface area contributed by atoms with E-state index >= 15 is 0 Å². The van der Waals surface area contributed by atoms with Gasteiger partial charge < -0.3 is 19.8 Å². The fourth-order valence-corrected chi connectivity index (χ4v) is 5.96. The Kier molecular flexibility index (Phi) is 8.99. The second-order valence-electron chi connectivity index (χ2n) is 11.0. The highest BCUT2D eigenvalue weighted by Gasteiger charge is 2.62. The summed E-state index contributed by atoms with van der Waals surface area (Å²) >= 11 is 5.72. The third kappa shape index (κ3) is 6.38. The Morgan fingerprint density at radius 3 is 2.00 bits per heavy atom. The lowest BCUT2D eigenvalue weighted by Crippen LogP contribution is -2.57. The van der Waals surface area contributed by atoms with Crippen LogP contribution in [-0.2, 0) is 10.4 Å². The molecule has 2 amide bonds. The van der Waals surface area contributed by atoms with Gasteiger partial charge in [-0.3, -0.25) is 9.59 Å². The van der Waals surface area contributed by atoms with Crippen molar-refractivity contribution in [3.63, 3.8) is 0 Å². The smallest absolute Gasteiger partial charge is 0.372 e. The van der Waals surface area contributed by atoms with Crippen molar-refractivity contribution < 1.29 is 32.3 Å². The summed E-state index contributed by atoms with van der Waals surface area (Å²) in [4.78, 5) is 30.0. The van der Waals surface area contributed by atoms with E-state index in [2.05, 4.69) is 4.90 Å². The lowest BCUT2D eigenvalue weighted by Gasteiger charge is -2.40. The number of rotatable bonds is 6. The van der Waals surface area contributed by atoms with E-state index in [4.69, 9.17) is 11.6 Å². The zero-order chi connectivity index (χ0) is 29.2. The van der Waals surface area contributed by atoms with Crippen molar-refractivity contribution in [1.82, 2.24) is 9.80 Å². The first-order chi connectivity index (χ1) is 18.8. The zero-order valence-electron chi connectivity index (χ0n) is 22.6. The number of hydrogen-bond acceptors (Lipinski definition) is 4. The van der Waals surface area contributed by atoms with Crippen LogP contribution in [-0.4, -0.2) is 73.2 Å². The van der Waals surface area contributed by atoms with Crippen LogP contribution in [0.4, 0.5) is 23.2 Å². The molecule has 0 aliphatic carbocycles. The maximum Gasteiger partial charge on any atom is 0.430 e. The van der Waals surface area contributed by atoms with E-state index in [1.807, 2.05) is 24.3 Å². The van der Waals surface area contributed by atoms with Gasteiger partial charge in [0.1, 0.15) is 5.82 Å². The highest BCUT2D eigenvalue weighted by Crippen LogP contribution is 2.42. The minimum absolute atomic E-state index is 0.0422. The quantitative estimate of drug-likeness (QED) is 0.458. The number of hydrogen-bond donors (Lipinski definition) is 1. The van der Waals surface area contributed by atoms with Gasteiger partial charge in [0.15, 0.2) is 0 Å². The van der Waals surface area contributed by atoms with Gasteiger partial charge >= 0.3 is 6.18 Å². The van der Waals surface area contributed by atoms with Gasteiger partial charge in [0.2, 0.25) is 0 Å². The third-order valence-corrected chi connectivity index (χ3v) is 8.29. The van der Waals surface area contributed by atoms with Crippen molar-refractivity contribution >= 4 is 29.1 Å². The number of piperidine rings is 2. The Labute approximate surface area is 236 Å². The standard InChI is InChI=1S/C29H34ClF4N3O3/c1-35(2)26(38)21-3-5-25(6-4-21)36-11-7-19(8-12-36)15-20-9-13-37(14-10-20)27(39)28(40,29(32,33)34)22-16-23(30)18-24(31)17-22/h3-6,16-20,40H,7-15H2,1-2H3. The van der Waals surface area contributed by atoms with Gasteiger partial charge in [0.05, 0.1) is 0 Å². The first-order valence-corrected chi connectivity index (χ1v) is 13.8. The molecule has 2 aromatic carbocycles. The van der Waals surface area contributed by atoms with Crippen LogP contribution in [0.2, 0.25) is 5.02 Å². The van der Waals surface area contributed by atoms with Crippen LogP contribution >= 0.6 is 11.6 Å². The molecule has 2 fully saturated rings. The Bertz CT molecular complexity index is 1190. The van der Waals surface area contributed by atoms with Gasteiger partial charge in [-0.25, -0.2) is 4.39 Å². The summed E-state index contributed by atoms with van der Waals surface area (Å²) in [6.07, 6.45) is -1.41. The van der Waals surface area contributed by atoms with Crippen LogP contribution in [0, 0.1) is 17.7 Å². The van der Waals surface area contributed by atoms with Crippen LogP contribution in [0.15, 0.2) is 42.5 Å². The van der Waals surface area contributed by atoms with Crippen LogP contribution in [0.1, 0.15) is 48.0 Å². The summed E-state index contributed by atoms with van der Waals surface area (Å²) in [6.45, 7) is 1.92. The minimum atomic E-state index is -5.35. The van der Waals surface area contributed by atoms with E-state index in [0.717, 1.165) is 55.1 Å². The van der Waals surface area contributed by atoms with E-state index in [1.165, 1.54) is 4.90 Å². The van der Waals surface area contributed by atoms with Gasteiger partial charge in [-0.05, 0) is 86.4 Å². The van der Waals surface area contributed by atoms with E-state index in [0.29, 0.717) is 30.4 Å². The Hall–Kier alpha value is -2.85. The molecule has 0 bridgehead atoms. The molecule has 2 aliphatic heterocycles. The molecule has 0 saturated carbocycles. The van der Waals surface area contributed by atoms with Crippen molar-refractivity contribution in [2.75, 3.05) is 45.2 Å². The molecule has 2 aliphatic rings. The lowest BCUT2D eigenvalue weighted by atomic mass is 9.82. The number of anilines is 1. The van der Waals surface area contributed by atoms with Gasteiger partial charge in [-0.15, -0.1) is 0 Å². The molecular weight excluding hydrogens is 550 g/mol. The van der Waals surface area contributed by atoms with Crippen LogP contribution in [0.5, 0.6) is 0 Å². The van der Waals surface area contributed by atoms with Gasteiger partial charge in [0, 0.05) is 62.1 Å². The summed E-state index contributed by atoms with van der Waals surface area (Å²) in [5, 5.41) is 10.3. The first kappa shape index (κ1) is 30.1. The third-order valence-electron chi connectivity index (χ3n) is 8.07. The molecule has 1 N–H and O–H groups in total. The Morgan fingerprint density at radius 2 is 1.50 bits per heavy atom. The van der Waals surface area contributed by atoms with E-state index in [1.54, 1.807) is 14.1 Å². The van der Waals surface area contributed by atoms with Crippen molar-refractivity contribution in [1.29, 1.82) is 0 Å². The summed E-state index contributed by atoms with van der Waals surface area (Å²) < 4.78 is 55.8. The minimum Gasteiger partial charge on any atom is -0.372 e. The number of carbonyl (C=O) groups is 2. The average Bonchev–Trinajstić information content (AvgIpc) is 2.91. The predicted molar refractivity (Wildman–Crippen MR) is 145 cm³/mol. The lowest BCUT2D eigenvalue weighted by molar-refractivity contribution is -0.262. The molecule has 218 valence electrons. The number of nitrogens with zero attached hydrogens (tertiary/aromatic N) is 3. The number of alkyl halides is 3. The van der Waals surface area contributed by atoms with Gasteiger partial charge in [-0.2, -0.15) is 13.2 Å². The number of benzene rings is 2. The molecule has 2 aromatic rings. The maximum absolute atomic E-state index is 14.0. The SMILES string of the molecule is CN(C)C(=O)c1ccc(N2CCC(CC3CCN(C(=O)C(O)(c4cc(F)cc(Cl)c4)C(F)(F)F)CC3)CC2)cc1. The van der Waals surface area contributed by atoms with Crippen molar-refractivity contribution in [3.05, 3.63) is 64.4 Å². The molecule has 40 heavy (non-hydrogen) atoms. The number of carbonyl (C=O) groups excluding carboxylic acids is 2. The number of likely N-dealkylation sites (tertiary alicyclic amines) is 1. The van der Waals surface area contributed by atoms with Crippen molar-refractivity contribution in [2.45, 2.75) is 43.9 Å². The molecular formula is C29H34ClF4N3O3. The second kappa shape index (κ2) is 11.9. The number of halogens is 5. The highest BCUT2D eigenvalue weighted by molar-refractivity contribution is 6.30. The van der Waals surface area contributed by atoms with Crippen molar-refractivity contribution in [2.24, 2.45) is 11.8 Å². The van der Waals surface area contributed by atoms with Gasteiger partial charge in [0.25, 0.3) is 17.4 Å². The van der Waals surface area contributed by atoms with Crippen LogP contribution < -0.4 is 4.90 Å². The normalized spacial score (nSPS) is 18.9. The predicted octanol–water partition coefficient (Wildman–Crippen LogP) is 5.48. The van der Waals surface area contributed by atoms with Crippen LogP contribution in [0.25, 0.3) is 0 Å². The molecule has 6 nitrogen and oxygen atoms in total. The Morgan fingerprint density at radius 1 is 0.950 bits per heavy atom. The molecule has 11 heteroatoms. The zero-order valence-corrected chi connectivity index (χ0v) is 23.3. The van der Waals surface area contributed by atoms with E-state index < -0.39 is 29.1 Å². The molecule has 4 rings (SSSR count). The fourth-order valence-electron chi connectivity index (χ4n) is 5.74. The monoisotopic (exact) mass is 583 g/mol. The topological polar surface area (TPSA) is 64.1 Å². The van der Waals surface area contributed by atoms with Crippen molar-refractivity contribution in [3.8, 4) is 0 Å². The summed E-state index contributed by atoms with van der Waals surface area (Å²) in [5.74, 6) is -1.88. The second-order valence-corrected chi connectivity index (χ2v) is 11.5. The molecule has 1 atom stereocenters. The van der Waals surface area contributed by atoms with Gasteiger partial charge in [-0.1, -0.05) is 11.6 Å². The number of amides is 2. The molecule has 2 saturated heterocycles. The maximum atomic E-state index is 14.0. The largest absolute Gasteiger partial charge is 0.430 e. The fraction of sp³-hybridized carbons (Fsp3) is 0.517. The Balaban J connectivity index is 1.30. The van der Waals surface area contributed by atoms with E-state index in [-0.39, 0.29) is 29.9 Å². The molecule has 1 unspecified atom stereocenters. The highest BCUT2D eigenvalue weighted by atomic mass is 35.5. The average molecular weight is 584 g/mol. The molecule has 0 aromatic heterocycles.